The second kappa shape index (κ2) is 8.27. The maximum absolute atomic E-state index is 11.7. The summed E-state index contributed by atoms with van der Waals surface area (Å²) in [7, 11) is 3.20. The molecule has 0 radical (unpaired) electrons. The van der Waals surface area contributed by atoms with Gasteiger partial charge in [0, 0.05) is 10.9 Å². The van der Waals surface area contributed by atoms with E-state index in [0.717, 1.165) is 22.0 Å². The Morgan fingerprint density at radius 3 is 2.39 bits per heavy atom. The standard InChI is InChI=1S/C26H21NO6/c1-30-18-13-11-16(12-14-18)22-24-23(19-8-4-6-10-21(19)32-24)27(25(22)33-26(28)29)15-17-7-3-5-9-20(17)31-2/h3-14H,15H2,1-2H3,(H,28,29). The van der Waals surface area contributed by atoms with Gasteiger partial charge in [0.25, 0.3) is 0 Å². The fourth-order valence-electron chi connectivity index (χ4n) is 4.16. The molecular formula is C26H21NO6. The number of hydrogen-bond donors (Lipinski definition) is 1. The van der Waals surface area contributed by atoms with Gasteiger partial charge >= 0.3 is 6.16 Å². The van der Waals surface area contributed by atoms with Gasteiger partial charge < -0.3 is 28.3 Å². The van der Waals surface area contributed by atoms with Gasteiger partial charge in [0.1, 0.15) is 17.1 Å². The molecule has 0 atom stereocenters. The lowest BCUT2D eigenvalue weighted by Gasteiger charge is -2.13. The van der Waals surface area contributed by atoms with Crippen LogP contribution >= 0.6 is 0 Å². The molecule has 5 rings (SSSR count). The van der Waals surface area contributed by atoms with Gasteiger partial charge in [-0.25, -0.2) is 4.79 Å². The number of rotatable bonds is 6. The number of aromatic nitrogens is 1. The lowest BCUT2D eigenvalue weighted by Crippen LogP contribution is -2.10. The molecule has 0 aliphatic carbocycles. The molecule has 0 unspecified atom stereocenters. The summed E-state index contributed by atoms with van der Waals surface area (Å²) in [6, 6.07) is 22.6. The smallest absolute Gasteiger partial charge is 0.497 e. The van der Waals surface area contributed by atoms with E-state index in [1.807, 2.05) is 77.4 Å². The number of hydrogen-bond acceptors (Lipinski definition) is 5. The molecule has 2 heterocycles. The largest absolute Gasteiger partial charge is 0.512 e. The topological polar surface area (TPSA) is 83.1 Å². The van der Waals surface area contributed by atoms with Crippen LogP contribution in [0.2, 0.25) is 0 Å². The van der Waals surface area contributed by atoms with E-state index >= 15 is 0 Å². The SMILES string of the molecule is COc1ccc(-c2c(OC(=O)O)n(Cc3ccccc3OC)c3c2oc2ccccc23)cc1. The van der Waals surface area contributed by atoms with Gasteiger partial charge in [-0.15, -0.1) is 0 Å². The lowest BCUT2D eigenvalue weighted by molar-refractivity contribution is 0.141. The summed E-state index contributed by atoms with van der Waals surface area (Å²) in [5.41, 5.74) is 4.17. The zero-order valence-electron chi connectivity index (χ0n) is 18.1. The second-order valence-electron chi connectivity index (χ2n) is 7.45. The molecule has 0 spiro atoms. The van der Waals surface area contributed by atoms with Crippen molar-refractivity contribution in [3.8, 4) is 28.5 Å². The van der Waals surface area contributed by atoms with Crippen molar-refractivity contribution < 1.29 is 28.5 Å². The molecule has 0 aliphatic rings. The predicted molar refractivity (Wildman–Crippen MR) is 124 cm³/mol. The van der Waals surface area contributed by atoms with Crippen LogP contribution in [-0.4, -0.2) is 30.0 Å². The summed E-state index contributed by atoms with van der Waals surface area (Å²) in [4.78, 5) is 11.7. The highest BCUT2D eigenvalue weighted by atomic mass is 16.7. The van der Waals surface area contributed by atoms with Crippen molar-refractivity contribution in [2.24, 2.45) is 0 Å². The van der Waals surface area contributed by atoms with E-state index in [0.29, 0.717) is 34.8 Å². The molecule has 3 aromatic carbocycles. The molecule has 7 heteroatoms. The summed E-state index contributed by atoms with van der Waals surface area (Å²) >= 11 is 0. The van der Waals surface area contributed by atoms with E-state index in [-0.39, 0.29) is 5.88 Å². The summed E-state index contributed by atoms with van der Waals surface area (Å²) in [6.45, 7) is 0.322. The third-order valence-electron chi connectivity index (χ3n) is 5.61. The third kappa shape index (κ3) is 3.53. The van der Waals surface area contributed by atoms with Gasteiger partial charge in [-0.1, -0.05) is 42.5 Å². The van der Waals surface area contributed by atoms with Crippen LogP contribution in [0.1, 0.15) is 5.56 Å². The van der Waals surface area contributed by atoms with E-state index in [1.54, 1.807) is 14.2 Å². The van der Waals surface area contributed by atoms with E-state index in [9.17, 15) is 9.90 Å². The Morgan fingerprint density at radius 1 is 0.939 bits per heavy atom. The maximum atomic E-state index is 11.7. The van der Waals surface area contributed by atoms with Crippen LogP contribution < -0.4 is 14.2 Å². The van der Waals surface area contributed by atoms with Crippen LogP contribution in [0.15, 0.2) is 77.2 Å². The van der Waals surface area contributed by atoms with Crippen LogP contribution in [-0.2, 0) is 6.54 Å². The Bertz CT molecular complexity index is 1460. The van der Waals surface area contributed by atoms with Crippen LogP contribution in [0.3, 0.4) is 0 Å². The fourth-order valence-corrected chi connectivity index (χ4v) is 4.16. The molecule has 0 amide bonds. The van der Waals surface area contributed by atoms with Crippen LogP contribution in [0.25, 0.3) is 33.2 Å². The Hall–Kier alpha value is -4.39. The van der Waals surface area contributed by atoms with Crippen molar-refractivity contribution in [1.29, 1.82) is 0 Å². The minimum atomic E-state index is -1.41. The fraction of sp³-hybridized carbons (Fsp3) is 0.115. The van der Waals surface area contributed by atoms with Crippen molar-refractivity contribution in [3.63, 3.8) is 0 Å². The third-order valence-corrected chi connectivity index (χ3v) is 5.61. The molecule has 0 aliphatic heterocycles. The number of methoxy groups -OCH3 is 2. The number of furan rings is 1. The van der Waals surface area contributed by atoms with E-state index < -0.39 is 6.16 Å². The molecule has 0 saturated heterocycles. The lowest BCUT2D eigenvalue weighted by atomic mass is 10.1. The van der Waals surface area contributed by atoms with Crippen LogP contribution in [0.4, 0.5) is 4.79 Å². The zero-order chi connectivity index (χ0) is 22.9. The normalized spacial score (nSPS) is 11.1. The average Bonchev–Trinajstić information content (AvgIpc) is 3.34. The van der Waals surface area contributed by atoms with E-state index in [1.165, 1.54) is 0 Å². The molecule has 33 heavy (non-hydrogen) atoms. The van der Waals surface area contributed by atoms with Gasteiger partial charge in [-0.3, -0.25) is 0 Å². The Balaban J connectivity index is 1.84. The summed E-state index contributed by atoms with van der Waals surface area (Å²) in [5.74, 6) is 1.56. The highest BCUT2D eigenvalue weighted by molar-refractivity contribution is 6.10. The zero-order valence-corrected chi connectivity index (χ0v) is 18.1. The first-order chi connectivity index (χ1) is 16.1. The minimum absolute atomic E-state index is 0.179. The van der Waals surface area contributed by atoms with E-state index in [2.05, 4.69) is 0 Å². The first-order valence-electron chi connectivity index (χ1n) is 10.3. The van der Waals surface area contributed by atoms with Gasteiger partial charge in [-0.05, 0) is 35.9 Å². The maximum Gasteiger partial charge on any atom is 0.512 e. The number of benzene rings is 3. The minimum Gasteiger partial charge on any atom is -0.497 e. The highest BCUT2D eigenvalue weighted by Crippen LogP contribution is 2.45. The Labute approximate surface area is 189 Å². The van der Waals surface area contributed by atoms with Crippen molar-refractivity contribution in [1.82, 2.24) is 4.57 Å². The first kappa shape index (κ1) is 20.5. The summed E-state index contributed by atoms with van der Waals surface area (Å²) in [5, 5.41) is 10.4. The summed E-state index contributed by atoms with van der Waals surface area (Å²) < 4.78 is 24.2. The number of carbonyl (C=O) groups is 1. The average molecular weight is 443 g/mol. The molecule has 1 N–H and O–H groups in total. The van der Waals surface area contributed by atoms with Crippen molar-refractivity contribution >= 4 is 28.2 Å². The quantitative estimate of drug-likeness (QED) is 0.316. The Morgan fingerprint density at radius 2 is 1.67 bits per heavy atom. The van der Waals surface area contributed by atoms with Crippen LogP contribution in [0, 0.1) is 0 Å². The number of carboxylic acid groups (broad SMARTS) is 1. The molecule has 0 saturated carbocycles. The number of ether oxygens (including phenoxy) is 3. The van der Waals surface area contributed by atoms with Crippen molar-refractivity contribution in [2.75, 3.05) is 14.2 Å². The monoisotopic (exact) mass is 443 g/mol. The van der Waals surface area contributed by atoms with Gasteiger partial charge in [-0.2, -0.15) is 0 Å². The van der Waals surface area contributed by atoms with Crippen molar-refractivity contribution in [3.05, 3.63) is 78.4 Å². The van der Waals surface area contributed by atoms with E-state index in [4.69, 9.17) is 18.6 Å². The number of para-hydroxylation sites is 2. The molecular weight excluding hydrogens is 422 g/mol. The van der Waals surface area contributed by atoms with Gasteiger partial charge in [0.15, 0.2) is 5.58 Å². The predicted octanol–water partition coefficient (Wildman–Crippen LogP) is 6.18. The molecule has 2 aromatic heterocycles. The van der Waals surface area contributed by atoms with Gasteiger partial charge in [0.2, 0.25) is 5.88 Å². The molecule has 0 bridgehead atoms. The molecule has 166 valence electrons. The summed E-state index contributed by atoms with van der Waals surface area (Å²) in [6.07, 6.45) is -1.41. The molecule has 0 fully saturated rings. The molecule has 7 nitrogen and oxygen atoms in total. The number of nitrogens with zero attached hydrogens (tertiary/aromatic N) is 1. The van der Waals surface area contributed by atoms with Gasteiger partial charge in [0.05, 0.1) is 31.8 Å². The molecule has 5 aromatic rings. The first-order valence-corrected chi connectivity index (χ1v) is 10.3. The number of fused-ring (bicyclic) bond motifs is 3. The van der Waals surface area contributed by atoms with Crippen molar-refractivity contribution in [2.45, 2.75) is 6.54 Å². The highest BCUT2D eigenvalue weighted by Gasteiger charge is 2.27. The Kier molecular flexibility index (Phi) is 5.14. The van der Waals surface area contributed by atoms with Crippen LogP contribution in [0.5, 0.6) is 17.4 Å². The second-order valence-corrected chi connectivity index (χ2v) is 7.45.